The molecular formula is C41H25N3O. The Kier molecular flexibility index (Phi) is 5.78. The second kappa shape index (κ2) is 10.2. The highest BCUT2D eigenvalue weighted by Crippen LogP contribution is 2.36. The van der Waals surface area contributed by atoms with Crippen LogP contribution in [-0.2, 0) is 0 Å². The van der Waals surface area contributed by atoms with Crippen LogP contribution in [0.15, 0.2) is 156 Å². The molecule has 4 heteroatoms. The van der Waals surface area contributed by atoms with Gasteiger partial charge in [-0.15, -0.1) is 0 Å². The van der Waals surface area contributed by atoms with Crippen molar-refractivity contribution in [2.45, 2.75) is 0 Å². The number of hydrogen-bond donors (Lipinski definition) is 0. The number of nitrogens with zero attached hydrogens (tertiary/aromatic N) is 3. The topological polar surface area (TPSA) is 51.8 Å². The Morgan fingerprint density at radius 2 is 0.956 bits per heavy atom. The second-order valence-corrected chi connectivity index (χ2v) is 11.3. The highest BCUT2D eigenvalue weighted by Gasteiger charge is 2.15. The SMILES string of the molecule is c1ccc(-c2nc(-c3ccc(-c4cccc5ccccc45)cc3)nc(-c3ccc4c(ccc5c6ccccc6oc45)c3)n2)cc1. The van der Waals surface area contributed by atoms with Gasteiger partial charge in [0.25, 0.3) is 0 Å². The Hall–Kier alpha value is -6.13. The molecule has 0 aliphatic carbocycles. The molecule has 0 fully saturated rings. The van der Waals surface area contributed by atoms with Crippen molar-refractivity contribution in [1.82, 2.24) is 15.0 Å². The van der Waals surface area contributed by atoms with Crippen LogP contribution in [0.2, 0.25) is 0 Å². The fourth-order valence-electron chi connectivity index (χ4n) is 6.28. The van der Waals surface area contributed by atoms with Crippen LogP contribution in [0.3, 0.4) is 0 Å². The maximum atomic E-state index is 6.29. The van der Waals surface area contributed by atoms with Crippen LogP contribution in [0, 0.1) is 0 Å². The molecule has 2 aromatic heterocycles. The third-order valence-corrected chi connectivity index (χ3v) is 8.53. The van der Waals surface area contributed by atoms with Crippen LogP contribution < -0.4 is 0 Å². The molecule has 0 amide bonds. The summed E-state index contributed by atoms with van der Waals surface area (Å²) in [7, 11) is 0. The summed E-state index contributed by atoms with van der Waals surface area (Å²) in [4.78, 5) is 14.9. The lowest BCUT2D eigenvalue weighted by Gasteiger charge is -2.10. The molecule has 0 N–H and O–H groups in total. The highest BCUT2D eigenvalue weighted by atomic mass is 16.3. The van der Waals surface area contributed by atoms with Crippen molar-refractivity contribution in [3.8, 4) is 45.3 Å². The van der Waals surface area contributed by atoms with Crippen LogP contribution in [-0.4, -0.2) is 15.0 Å². The van der Waals surface area contributed by atoms with Crippen LogP contribution in [0.25, 0.3) is 88.8 Å². The molecule has 9 rings (SSSR count). The number of furan rings is 1. The van der Waals surface area contributed by atoms with Gasteiger partial charge in [-0.1, -0.05) is 127 Å². The normalized spacial score (nSPS) is 11.6. The Morgan fingerprint density at radius 1 is 0.356 bits per heavy atom. The van der Waals surface area contributed by atoms with E-state index in [1.54, 1.807) is 0 Å². The van der Waals surface area contributed by atoms with E-state index in [1.807, 2.05) is 48.5 Å². The number of aromatic nitrogens is 3. The van der Waals surface area contributed by atoms with Gasteiger partial charge in [0.2, 0.25) is 0 Å². The standard InChI is InChI=1S/C41H25N3O/c1-2-10-28(11-3-1)39-42-40(29-19-17-27(18-20-29)33-15-8-12-26-9-4-5-13-32(26)33)44-41(43-39)31-22-23-34-30(25-31)21-24-36-35-14-6-7-16-37(35)45-38(34)36/h1-25H. The Balaban J connectivity index is 1.17. The van der Waals surface area contributed by atoms with Gasteiger partial charge in [0.05, 0.1) is 0 Å². The molecule has 0 unspecified atom stereocenters. The van der Waals surface area contributed by atoms with E-state index in [9.17, 15) is 0 Å². The molecule has 9 aromatic rings. The maximum Gasteiger partial charge on any atom is 0.164 e. The monoisotopic (exact) mass is 575 g/mol. The first-order valence-corrected chi connectivity index (χ1v) is 15.0. The summed E-state index contributed by atoms with van der Waals surface area (Å²) in [5.74, 6) is 1.90. The number of para-hydroxylation sites is 1. The third kappa shape index (κ3) is 4.35. The smallest absolute Gasteiger partial charge is 0.164 e. The zero-order valence-corrected chi connectivity index (χ0v) is 24.2. The largest absolute Gasteiger partial charge is 0.455 e. The van der Waals surface area contributed by atoms with Gasteiger partial charge in [0.15, 0.2) is 17.5 Å². The zero-order valence-electron chi connectivity index (χ0n) is 24.2. The molecule has 0 radical (unpaired) electrons. The van der Waals surface area contributed by atoms with Gasteiger partial charge in [-0.25, -0.2) is 15.0 Å². The van der Waals surface area contributed by atoms with Gasteiger partial charge in [-0.3, -0.25) is 0 Å². The first kappa shape index (κ1) is 25.4. The number of rotatable bonds is 4. The molecular weight excluding hydrogens is 550 g/mol. The predicted octanol–water partition coefficient (Wildman–Crippen LogP) is 10.7. The van der Waals surface area contributed by atoms with Gasteiger partial charge in [-0.2, -0.15) is 0 Å². The van der Waals surface area contributed by atoms with Crippen molar-refractivity contribution in [2.75, 3.05) is 0 Å². The van der Waals surface area contributed by atoms with Crippen LogP contribution in [0.5, 0.6) is 0 Å². The van der Waals surface area contributed by atoms with Gasteiger partial charge in [-0.05, 0) is 51.6 Å². The van der Waals surface area contributed by atoms with Gasteiger partial charge >= 0.3 is 0 Å². The van der Waals surface area contributed by atoms with Gasteiger partial charge < -0.3 is 4.42 Å². The molecule has 2 heterocycles. The van der Waals surface area contributed by atoms with E-state index >= 15 is 0 Å². The summed E-state index contributed by atoms with van der Waals surface area (Å²) < 4.78 is 6.29. The fraction of sp³-hybridized carbons (Fsp3) is 0. The highest BCUT2D eigenvalue weighted by molar-refractivity contribution is 6.15. The third-order valence-electron chi connectivity index (χ3n) is 8.53. The van der Waals surface area contributed by atoms with Gasteiger partial charge in [0, 0.05) is 32.8 Å². The minimum Gasteiger partial charge on any atom is -0.455 e. The quantitative estimate of drug-likeness (QED) is 0.209. The summed E-state index contributed by atoms with van der Waals surface area (Å²) in [6, 6.07) is 52.3. The lowest BCUT2D eigenvalue weighted by molar-refractivity contribution is 0.672. The Bertz CT molecular complexity index is 2530. The number of benzene rings is 7. The van der Waals surface area contributed by atoms with E-state index in [-0.39, 0.29) is 0 Å². The summed E-state index contributed by atoms with van der Waals surface area (Å²) in [5.41, 5.74) is 6.95. The average Bonchev–Trinajstić information content (AvgIpc) is 3.51. The van der Waals surface area contributed by atoms with Gasteiger partial charge in [0.1, 0.15) is 11.2 Å². The minimum atomic E-state index is 0.628. The van der Waals surface area contributed by atoms with Crippen molar-refractivity contribution >= 4 is 43.5 Å². The van der Waals surface area contributed by atoms with E-state index in [1.165, 1.54) is 16.3 Å². The Labute approximate surface area is 259 Å². The average molecular weight is 576 g/mol. The van der Waals surface area contributed by atoms with E-state index in [2.05, 4.69) is 103 Å². The molecule has 7 aromatic carbocycles. The second-order valence-electron chi connectivity index (χ2n) is 11.3. The molecule has 0 atom stereocenters. The Morgan fingerprint density at radius 3 is 1.78 bits per heavy atom. The van der Waals surface area contributed by atoms with Crippen molar-refractivity contribution in [2.24, 2.45) is 0 Å². The lowest BCUT2D eigenvalue weighted by atomic mass is 9.97. The van der Waals surface area contributed by atoms with Crippen molar-refractivity contribution in [1.29, 1.82) is 0 Å². The molecule has 210 valence electrons. The van der Waals surface area contributed by atoms with Crippen molar-refractivity contribution in [3.63, 3.8) is 0 Å². The molecule has 45 heavy (non-hydrogen) atoms. The molecule has 0 saturated carbocycles. The first-order valence-electron chi connectivity index (χ1n) is 15.0. The maximum absolute atomic E-state index is 6.29. The summed E-state index contributed by atoms with van der Waals surface area (Å²) in [6.07, 6.45) is 0. The molecule has 0 saturated heterocycles. The molecule has 0 bridgehead atoms. The van der Waals surface area contributed by atoms with E-state index < -0.39 is 0 Å². The van der Waals surface area contributed by atoms with E-state index in [4.69, 9.17) is 19.4 Å². The van der Waals surface area contributed by atoms with Crippen LogP contribution in [0.1, 0.15) is 0 Å². The van der Waals surface area contributed by atoms with Crippen LogP contribution in [0.4, 0.5) is 0 Å². The molecule has 0 spiro atoms. The summed E-state index contributed by atoms with van der Waals surface area (Å²) in [6.45, 7) is 0. The van der Waals surface area contributed by atoms with E-state index in [0.29, 0.717) is 17.5 Å². The minimum absolute atomic E-state index is 0.628. The molecule has 0 aliphatic heterocycles. The molecule has 0 aliphatic rings. The number of hydrogen-bond acceptors (Lipinski definition) is 4. The zero-order chi connectivity index (χ0) is 29.7. The number of fused-ring (bicyclic) bond motifs is 6. The van der Waals surface area contributed by atoms with Crippen LogP contribution >= 0.6 is 0 Å². The summed E-state index contributed by atoms with van der Waals surface area (Å²) in [5, 5.41) is 6.84. The summed E-state index contributed by atoms with van der Waals surface area (Å²) >= 11 is 0. The molecule has 4 nitrogen and oxygen atoms in total. The predicted molar refractivity (Wildman–Crippen MR) is 184 cm³/mol. The van der Waals surface area contributed by atoms with E-state index in [0.717, 1.165) is 55.0 Å². The van der Waals surface area contributed by atoms with Crippen molar-refractivity contribution < 1.29 is 4.42 Å². The van der Waals surface area contributed by atoms with Crippen molar-refractivity contribution in [3.05, 3.63) is 152 Å². The fourth-order valence-corrected chi connectivity index (χ4v) is 6.28. The lowest BCUT2D eigenvalue weighted by Crippen LogP contribution is -2.00. The first-order chi connectivity index (χ1) is 22.3.